The highest BCUT2D eigenvalue weighted by Crippen LogP contribution is 2.38. The summed E-state index contributed by atoms with van der Waals surface area (Å²) in [5, 5.41) is 24.5. The van der Waals surface area contributed by atoms with Crippen LogP contribution in [-0.4, -0.2) is 44.2 Å². The van der Waals surface area contributed by atoms with E-state index in [0.717, 1.165) is 35.5 Å². The van der Waals surface area contributed by atoms with Gasteiger partial charge in [-0.2, -0.15) is 0 Å². The molecule has 1 aromatic rings. The van der Waals surface area contributed by atoms with Gasteiger partial charge in [0.25, 0.3) is 0 Å². The maximum absolute atomic E-state index is 12.8. The Bertz CT molecular complexity index is 887. The average Bonchev–Trinajstić information content (AvgIpc) is 3.13. The van der Waals surface area contributed by atoms with Gasteiger partial charge in [0, 0.05) is 21.5 Å². The Labute approximate surface area is 207 Å². The zero-order valence-corrected chi connectivity index (χ0v) is 22.4. The molecule has 5 nitrogen and oxygen atoms in total. The smallest absolute Gasteiger partial charge is 0.309 e. The minimum atomic E-state index is -0.939. The van der Waals surface area contributed by atoms with Crippen molar-refractivity contribution >= 4 is 35.1 Å². The van der Waals surface area contributed by atoms with Crippen molar-refractivity contribution < 1.29 is 19.7 Å². The molecule has 1 aliphatic rings. The molecule has 1 aromatic heterocycles. The maximum Gasteiger partial charge on any atom is 0.309 e. The fourth-order valence-electron chi connectivity index (χ4n) is 3.76. The monoisotopic (exact) mass is 493 g/mol. The van der Waals surface area contributed by atoms with Crippen LogP contribution < -0.4 is 0 Å². The van der Waals surface area contributed by atoms with Gasteiger partial charge >= 0.3 is 5.97 Å². The van der Waals surface area contributed by atoms with Crippen molar-refractivity contribution in [2.45, 2.75) is 96.7 Å². The van der Waals surface area contributed by atoms with Crippen LogP contribution in [0.25, 0.3) is 6.08 Å². The Kier molecular flexibility index (Phi) is 10.4. The molecule has 2 rings (SSSR count). The van der Waals surface area contributed by atoms with Crippen LogP contribution in [0.5, 0.6) is 0 Å². The van der Waals surface area contributed by atoms with E-state index in [1.54, 1.807) is 11.3 Å². The van der Waals surface area contributed by atoms with E-state index in [1.165, 1.54) is 17.3 Å². The Morgan fingerprint density at radius 3 is 2.67 bits per heavy atom. The highest BCUT2D eigenvalue weighted by Gasteiger charge is 2.34. The van der Waals surface area contributed by atoms with Crippen molar-refractivity contribution in [1.82, 2.24) is 4.98 Å². The first kappa shape index (κ1) is 27.8. The van der Waals surface area contributed by atoms with Gasteiger partial charge in [-0.05, 0) is 71.4 Å². The van der Waals surface area contributed by atoms with Crippen molar-refractivity contribution in [2.75, 3.05) is 0 Å². The standard InChI is InChI=1S/C26H39NO4S2/c1-16-9-8-10-17(2)25(30)19(4)33-26(6,7)23(28)14-24(29)31-22(12-11-16)18(3)13-21-15-32-20(5)27-21/h11,13,15,17,22-23,25,28,30H,4,8-10,12,14H2,1-3,5-7H3/b16-11-,18-13+/t17-,22-,23-,25-/m0/s1. The number of aryl methyl sites for hydroxylation is 1. The number of esters is 1. The lowest BCUT2D eigenvalue weighted by atomic mass is 9.95. The van der Waals surface area contributed by atoms with Crippen LogP contribution in [-0.2, 0) is 9.53 Å². The fourth-order valence-corrected chi connectivity index (χ4v) is 5.58. The molecule has 0 spiro atoms. The molecule has 0 radical (unpaired) electrons. The number of cyclic esters (lactones) is 1. The number of aromatic nitrogens is 1. The number of rotatable bonds is 2. The summed E-state index contributed by atoms with van der Waals surface area (Å²) < 4.78 is 5.16. The van der Waals surface area contributed by atoms with E-state index in [1.807, 2.05) is 46.1 Å². The Morgan fingerprint density at radius 2 is 2.03 bits per heavy atom. The molecule has 7 heteroatoms. The third kappa shape index (κ3) is 8.71. The van der Waals surface area contributed by atoms with Crippen LogP contribution >= 0.6 is 23.1 Å². The van der Waals surface area contributed by atoms with Crippen molar-refractivity contribution in [3.8, 4) is 0 Å². The summed E-state index contributed by atoms with van der Waals surface area (Å²) in [7, 11) is 0. The number of carbonyl (C=O) groups excluding carboxylic acids is 1. The third-order valence-electron chi connectivity index (χ3n) is 6.13. The highest BCUT2D eigenvalue weighted by molar-refractivity contribution is 8.04. The number of thiazole rings is 1. The predicted molar refractivity (Wildman–Crippen MR) is 139 cm³/mol. The SMILES string of the molecule is C=C1SC(C)(C)[C@@H](O)CC(=O)O[C@H](/C(C)=C/c2csc(C)n2)C/C=C(/C)CCC[C@H](C)[C@@H]1O. The molecule has 2 N–H and O–H groups in total. The molecule has 0 aliphatic carbocycles. The van der Waals surface area contributed by atoms with Crippen LogP contribution in [0.4, 0.5) is 0 Å². The van der Waals surface area contributed by atoms with E-state index in [2.05, 4.69) is 24.6 Å². The first-order chi connectivity index (χ1) is 15.4. The summed E-state index contributed by atoms with van der Waals surface area (Å²) >= 11 is 2.92. The molecule has 0 fully saturated rings. The summed E-state index contributed by atoms with van der Waals surface area (Å²) in [6.45, 7) is 15.8. The second-order valence-corrected chi connectivity index (χ2v) is 12.5. The van der Waals surface area contributed by atoms with E-state index < -0.39 is 29.0 Å². The van der Waals surface area contributed by atoms with Crippen LogP contribution in [0, 0.1) is 12.8 Å². The van der Waals surface area contributed by atoms with Crippen molar-refractivity contribution in [3.05, 3.63) is 44.8 Å². The van der Waals surface area contributed by atoms with E-state index in [-0.39, 0.29) is 12.3 Å². The molecule has 4 atom stereocenters. The van der Waals surface area contributed by atoms with Gasteiger partial charge in [-0.15, -0.1) is 23.1 Å². The number of aliphatic hydroxyl groups excluding tert-OH is 2. The maximum atomic E-state index is 12.8. The largest absolute Gasteiger partial charge is 0.457 e. The highest BCUT2D eigenvalue weighted by atomic mass is 32.2. The van der Waals surface area contributed by atoms with E-state index in [0.29, 0.717) is 11.3 Å². The van der Waals surface area contributed by atoms with E-state index in [9.17, 15) is 15.0 Å². The summed E-state index contributed by atoms with van der Waals surface area (Å²) in [6.07, 6.45) is 5.31. The predicted octanol–water partition coefficient (Wildman–Crippen LogP) is 6.06. The number of hydrogen-bond acceptors (Lipinski definition) is 7. The van der Waals surface area contributed by atoms with Gasteiger partial charge in [0.15, 0.2) is 0 Å². The van der Waals surface area contributed by atoms with E-state index in [4.69, 9.17) is 4.74 Å². The van der Waals surface area contributed by atoms with Crippen molar-refractivity contribution in [3.63, 3.8) is 0 Å². The third-order valence-corrected chi connectivity index (χ3v) is 8.22. The molecule has 0 bridgehead atoms. The van der Waals surface area contributed by atoms with Gasteiger partial charge in [0.2, 0.25) is 0 Å². The van der Waals surface area contributed by atoms with Crippen LogP contribution in [0.15, 0.2) is 34.1 Å². The Morgan fingerprint density at radius 1 is 1.33 bits per heavy atom. The molecule has 2 heterocycles. The molecular weight excluding hydrogens is 454 g/mol. The minimum absolute atomic E-state index is 0.0723. The number of hydrogen-bond donors (Lipinski definition) is 2. The first-order valence-electron chi connectivity index (χ1n) is 11.6. The minimum Gasteiger partial charge on any atom is -0.457 e. The molecule has 0 amide bonds. The van der Waals surface area contributed by atoms with E-state index >= 15 is 0 Å². The number of nitrogens with zero attached hydrogens (tertiary/aromatic N) is 1. The fraction of sp³-hybridized carbons (Fsp3) is 0.615. The lowest BCUT2D eigenvalue weighted by molar-refractivity contribution is -0.149. The number of thioether (sulfide) groups is 1. The van der Waals surface area contributed by atoms with Gasteiger partial charge in [-0.25, -0.2) is 4.98 Å². The topological polar surface area (TPSA) is 79.7 Å². The first-order valence-corrected chi connectivity index (χ1v) is 13.3. The summed E-state index contributed by atoms with van der Waals surface area (Å²) in [6, 6.07) is 0. The molecule has 0 unspecified atom stereocenters. The second kappa shape index (κ2) is 12.3. The van der Waals surface area contributed by atoms with Gasteiger partial charge in [-0.1, -0.05) is 25.2 Å². The van der Waals surface area contributed by atoms with Crippen molar-refractivity contribution in [2.24, 2.45) is 5.92 Å². The zero-order chi connectivity index (χ0) is 24.8. The quantitative estimate of drug-likeness (QED) is 0.385. The summed E-state index contributed by atoms with van der Waals surface area (Å²) in [5.74, 6) is -0.371. The Hall–Kier alpha value is -1.41. The summed E-state index contributed by atoms with van der Waals surface area (Å²) in [4.78, 5) is 17.9. The Balaban J connectivity index is 2.28. The van der Waals surface area contributed by atoms with Crippen molar-refractivity contribution in [1.29, 1.82) is 0 Å². The average molecular weight is 494 g/mol. The zero-order valence-electron chi connectivity index (χ0n) is 20.8. The van der Waals surface area contributed by atoms with Gasteiger partial charge in [0.05, 0.1) is 29.3 Å². The molecular formula is C26H39NO4S2. The molecule has 184 valence electrons. The van der Waals surface area contributed by atoms with Crippen LogP contribution in [0.3, 0.4) is 0 Å². The van der Waals surface area contributed by atoms with Crippen LogP contribution in [0.2, 0.25) is 0 Å². The second-order valence-electron chi connectivity index (χ2n) is 9.65. The molecule has 1 aliphatic heterocycles. The van der Waals surface area contributed by atoms with Gasteiger partial charge in [0.1, 0.15) is 6.10 Å². The number of ether oxygens (including phenoxy) is 1. The number of allylic oxidation sites excluding steroid dienone is 1. The molecule has 33 heavy (non-hydrogen) atoms. The lowest BCUT2D eigenvalue weighted by Gasteiger charge is -2.33. The normalized spacial score (nSPS) is 30.4. The number of aliphatic hydroxyl groups is 2. The molecule has 0 aromatic carbocycles. The van der Waals surface area contributed by atoms with Gasteiger partial charge < -0.3 is 14.9 Å². The lowest BCUT2D eigenvalue weighted by Crippen LogP contribution is -2.37. The molecule has 0 saturated carbocycles. The van der Waals surface area contributed by atoms with Crippen LogP contribution in [0.1, 0.15) is 77.4 Å². The summed E-state index contributed by atoms with van der Waals surface area (Å²) in [5.41, 5.74) is 3.02. The number of carbonyl (C=O) groups is 1. The molecule has 0 saturated heterocycles. The van der Waals surface area contributed by atoms with Gasteiger partial charge in [-0.3, -0.25) is 4.79 Å².